The maximum absolute atomic E-state index is 3.68. The second-order valence-electron chi connectivity index (χ2n) is 5.53. The minimum Gasteiger partial charge on any atom is -0.371 e. The van der Waals surface area contributed by atoms with Crippen LogP contribution in [-0.2, 0) is 6.54 Å². The van der Waals surface area contributed by atoms with Crippen LogP contribution in [0.3, 0.4) is 0 Å². The van der Waals surface area contributed by atoms with Crippen LogP contribution in [0, 0.1) is 5.92 Å². The summed E-state index contributed by atoms with van der Waals surface area (Å²) >= 11 is 3.68. The molecule has 1 aliphatic rings. The molecule has 2 nitrogen and oxygen atoms in total. The number of piperidine rings is 1. The molecule has 0 radical (unpaired) electrons. The highest BCUT2D eigenvalue weighted by atomic mass is 79.9. The van der Waals surface area contributed by atoms with Gasteiger partial charge >= 0.3 is 0 Å². The van der Waals surface area contributed by atoms with E-state index in [2.05, 4.69) is 51.3 Å². The lowest BCUT2D eigenvalue weighted by molar-refractivity contribution is 0.378. The van der Waals surface area contributed by atoms with E-state index in [4.69, 9.17) is 0 Å². The van der Waals surface area contributed by atoms with Gasteiger partial charge in [-0.3, -0.25) is 0 Å². The predicted molar refractivity (Wildman–Crippen MR) is 86.8 cm³/mol. The summed E-state index contributed by atoms with van der Waals surface area (Å²) in [6, 6.07) is 6.76. The molecular weight excluding hydrogens is 300 g/mol. The number of anilines is 1. The lowest BCUT2D eigenvalue weighted by Gasteiger charge is -2.33. The van der Waals surface area contributed by atoms with Crippen molar-refractivity contribution in [3.05, 3.63) is 28.2 Å². The summed E-state index contributed by atoms with van der Waals surface area (Å²) in [7, 11) is 1.98. The summed E-state index contributed by atoms with van der Waals surface area (Å²) in [6.07, 6.45) is 5.43. The molecule has 0 aliphatic carbocycles. The molecule has 1 heterocycles. The van der Waals surface area contributed by atoms with Gasteiger partial charge in [-0.1, -0.05) is 41.8 Å². The highest BCUT2D eigenvalue weighted by Gasteiger charge is 2.19. The van der Waals surface area contributed by atoms with Gasteiger partial charge in [0.2, 0.25) is 0 Å². The molecule has 1 aliphatic heterocycles. The lowest BCUT2D eigenvalue weighted by atomic mass is 9.92. The SMILES string of the molecule is CCCC1CCN(c2ccc(CNC)c(Br)c2)CC1. The van der Waals surface area contributed by atoms with Crippen molar-refractivity contribution in [3.63, 3.8) is 0 Å². The fraction of sp³-hybridized carbons (Fsp3) is 0.625. The van der Waals surface area contributed by atoms with Crippen LogP contribution in [0.5, 0.6) is 0 Å². The summed E-state index contributed by atoms with van der Waals surface area (Å²) in [6.45, 7) is 5.63. The second-order valence-corrected chi connectivity index (χ2v) is 6.38. The van der Waals surface area contributed by atoms with E-state index < -0.39 is 0 Å². The van der Waals surface area contributed by atoms with Gasteiger partial charge in [-0.25, -0.2) is 0 Å². The fourth-order valence-corrected chi connectivity index (χ4v) is 3.46. The fourth-order valence-electron chi connectivity index (χ4n) is 2.95. The normalized spacial score (nSPS) is 16.9. The molecule has 0 atom stereocenters. The third kappa shape index (κ3) is 3.96. The minimum atomic E-state index is 0.916. The molecule has 1 N–H and O–H groups in total. The smallest absolute Gasteiger partial charge is 0.0377 e. The van der Waals surface area contributed by atoms with Gasteiger partial charge in [0.15, 0.2) is 0 Å². The van der Waals surface area contributed by atoms with E-state index in [0.29, 0.717) is 0 Å². The Bertz CT molecular complexity index is 398. The molecule has 2 rings (SSSR count). The van der Waals surface area contributed by atoms with Gasteiger partial charge in [-0.2, -0.15) is 0 Å². The molecule has 0 bridgehead atoms. The molecule has 1 saturated heterocycles. The third-order valence-electron chi connectivity index (χ3n) is 4.08. The Morgan fingerprint density at radius 3 is 2.63 bits per heavy atom. The van der Waals surface area contributed by atoms with E-state index in [9.17, 15) is 0 Å². The molecule has 3 heteroatoms. The monoisotopic (exact) mass is 324 g/mol. The number of nitrogens with one attached hydrogen (secondary N) is 1. The van der Waals surface area contributed by atoms with Crippen LogP contribution in [0.25, 0.3) is 0 Å². The number of halogens is 1. The van der Waals surface area contributed by atoms with Crippen LogP contribution < -0.4 is 10.2 Å². The molecule has 0 unspecified atom stereocenters. The molecule has 1 aromatic carbocycles. The van der Waals surface area contributed by atoms with E-state index in [0.717, 1.165) is 12.5 Å². The van der Waals surface area contributed by atoms with Crippen LogP contribution >= 0.6 is 15.9 Å². The second kappa shape index (κ2) is 7.30. The Kier molecular flexibility index (Phi) is 5.71. The highest BCUT2D eigenvalue weighted by Crippen LogP contribution is 2.29. The van der Waals surface area contributed by atoms with Gasteiger partial charge in [0.1, 0.15) is 0 Å². The molecule has 0 amide bonds. The number of hydrogen-bond acceptors (Lipinski definition) is 2. The molecule has 0 spiro atoms. The Balaban J connectivity index is 1.97. The molecule has 1 fully saturated rings. The first kappa shape index (κ1) is 14.9. The number of nitrogens with zero attached hydrogens (tertiary/aromatic N) is 1. The molecule has 0 aromatic heterocycles. The lowest BCUT2D eigenvalue weighted by Crippen LogP contribution is -2.33. The van der Waals surface area contributed by atoms with E-state index in [1.807, 2.05) is 7.05 Å². The zero-order valence-electron chi connectivity index (χ0n) is 12.1. The van der Waals surface area contributed by atoms with Crippen molar-refractivity contribution in [2.45, 2.75) is 39.2 Å². The number of benzene rings is 1. The largest absolute Gasteiger partial charge is 0.371 e. The van der Waals surface area contributed by atoms with Crippen LogP contribution in [0.4, 0.5) is 5.69 Å². The Labute approximate surface area is 125 Å². The molecule has 19 heavy (non-hydrogen) atoms. The van der Waals surface area contributed by atoms with Crippen molar-refractivity contribution < 1.29 is 0 Å². The van der Waals surface area contributed by atoms with Crippen LogP contribution in [0.2, 0.25) is 0 Å². The third-order valence-corrected chi connectivity index (χ3v) is 4.82. The van der Waals surface area contributed by atoms with E-state index in [1.165, 1.54) is 54.5 Å². The Morgan fingerprint density at radius 1 is 1.32 bits per heavy atom. The quantitative estimate of drug-likeness (QED) is 0.873. The zero-order valence-corrected chi connectivity index (χ0v) is 13.7. The molecule has 1 aromatic rings. The first-order valence-corrected chi connectivity index (χ1v) is 8.22. The summed E-state index contributed by atoms with van der Waals surface area (Å²) < 4.78 is 1.22. The van der Waals surface area contributed by atoms with Crippen molar-refractivity contribution in [1.82, 2.24) is 5.32 Å². The summed E-state index contributed by atoms with van der Waals surface area (Å²) in [4.78, 5) is 2.53. The molecular formula is C16H25BrN2. The average Bonchev–Trinajstić information content (AvgIpc) is 2.43. The predicted octanol–water partition coefficient (Wildman–Crippen LogP) is 4.19. The number of rotatable bonds is 5. The maximum Gasteiger partial charge on any atom is 0.0377 e. The van der Waals surface area contributed by atoms with Gasteiger partial charge in [0, 0.05) is 29.8 Å². The van der Waals surface area contributed by atoms with Crippen molar-refractivity contribution in [2.75, 3.05) is 25.0 Å². The minimum absolute atomic E-state index is 0.916. The molecule has 106 valence electrons. The standard InChI is InChI=1S/C16H25BrN2/c1-3-4-13-7-9-19(10-8-13)15-6-5-14(12-18-2)16(17)11-15/h5-6,11,13,18H,3-4,7-10,12H2,1-2H3. The summed E-state index contributed by atoms with van der Waals surface area (Å²) in [5, 5.41) is 3.20. The average molecular weight is 325 g/mol. The maximum atomic E-state index is 3.68. The van der Waals surface area contributed by atoms with Gasteiger partial charge in [-0.05, 0) is 43.5 Å². The first-order valence-electron chi connectivity index (χ1n) is 7.42. The van der Waals surface area contributed by atoms with Gasteiger partial charge in [-0.15, -0.1) is 0 Å². The van der Waals surface area contributed by atoms with Crippen molar-refractivity contribution >= 4 is 21.6 Å². The highest BCUT2D eigenvalue weighted by molar-refractivity contribution is 9.10. The van der Waals surface area contributed by atoms with Crippen molar-refractivity contribution in [2.24, 2.45) is 5.92 Å². The Hall–Kier alpha value is -0.540. The summed E-state index contributed by atoms with van der Waals surface area (Å²) in [5.41, 5.74) is 2.69. The van der Waals surface area contributed by atoms with E-state index >= 15 is 0 Å². The topological polar surface area (TPSA) is 15.3 Å². The van der Waals surface area contributed by atoms with Crippen LogP contribution in [-0.4, -0.2) is 20.1 Å². The van der Waals surface area contributed by atoms with Crippen molar-refractivity contribution in [1.29, 1.82) is 0 Å². The number of hydrogen-bond donors (Lipinski definition) is 1. The van der Waals surface area contributed by atoms with Gasteiger partial charge in [0.05, 0.1) is 0 Å². The van der Waals surface area contributed by atoms with Gasteiger partial charge in [0.25, 0.3) is 0 Å². The van der Waals surface area contributed by atoms with Crippen LogP contribution in [0.1, 0.15) is 38.2 Å². The van der Waals surface area contributed by atoms with Crippen molar-refractivity contribution in [3.8, 4) is 0 Å². The summed E-state index contributed by atoms with van der Waals surface area (Å²) in [5.74, 6) is 0.952. The zero-order chi connectivity index (χ0) is 13.7. The first-order chi connectivity index (χ1) is 9.24. The Morgan fingerprint density at radius 2 is 2.05 bits per heavy atom. The van der Waals surface area contributed by atoms with E-state index in [-0.39, 0.29) is 0 Å². The molecule has 0 saturated carbocycles. The van der Waals surface area contributed by atoms with Gasteiger partial charge < -0.3 is 10.2 Å². The van der Waals surface area contributed by atoms with E-state index in [1.54, 1.807) is 0 Å². The van der Waals surface area contributed by atoms with Crippen LogP contribution in [0.15, 0.2) is 22.7 Å².